The van der Waals surface area contributed by atoms with Gasteiger partial charge in [-0.15, -0.1) is 0 Å². The van der Waals surface area contributed by atoms with Gasteiger partial charge in [0.25, 0.3) is 0 Å². The van der Waals surface area contributed by atoms with E-state index < -0.39 is 0 Å². The molecule has 4 nitrogen and oxygen atoms in total. The first-order valence-corrected chi connectivity index (χ1v) is 7.38. The Balaban J connectivity index is 1.64. The van der Waals surface area contributed by atoms with Crippen molar-refractivity contribution in [2.75, 3.05) is 32.7 Å². The summed E-state index contributed by atoms with van der Waals surface area (Å²) in [4.78, 5) is 9.46. The monoisotopic (exact) mass is 268 g/mol. The van der Waals surface area contributed by atoms with Gasteiger partial charge in [0, 0.05) is 56.4 Å². The van der Waals surface area contributed by atoms with Gasteiger partial charge in [-0.25, -0.2) is 0 Å². The van der Waals surface area contributed by atoms with Crippen molar-refractivity contribution in [3.05, 3.63) is 42.1 Å². The molecule has 3 aliphatic heterocycles. The van der Waals surface area contributed by atoms with Crippen LogP contribution in [0, 0.1) is 0 Å². The molecule has 3 saturated heterocycles. The van der Waals surface area contributed by atoms with Crippen molar-refractivity contribution in [1.82, 2.24) is 14.8 Å². The molecule has 20 heavy (non-hydrogen) atoms. The van der Waals surface area contributed by atoms with Crippen LogP contribution in [0.5, 0.6) is 0 Å². The molecule has 0 aliphatic carbocycles. The van der Waals surface area contributed by atoms with E-state index in [-0.39, 0.29) is 6.04 Å². The van der Waals surface area contributed by atoms with Crippen LogP contribution in [0.1, 0.15) is 11.6 Å². The molecule has 3 fully saturated rings. The van der Waals surface area contributed by atoms with Crippen molar-refractivity contribution in [2.24, 2.45) is 5.73 Å². The molecule has 2 atom stereocenters. The first-order chi connectivity index (χ1) is 9.81. The van der Waals surface area contributed by atoms with Crippen LogP contribution in [0.4, 0.5) is 0 Å². The highest BCUT2D eigenvalue weighted by Gasteiger charge is 2.35. The summed E-state index contributed by atoms with van der Waals surface area (Å²) in [7, 11) is 0. The minimum atomic E-state index is 0.0858. The van der Waals surface area contributed by atoms with Gasteiger partial charge in [-0.05, 0) is 23.8 Å². The number of rotatable bonds is 2. The summed E-state index contributed by atoms with van der Waals surface area (Å²) in [5.41, 5.74) is 8.82. The molecule has 104 valence electrons. The van der Waals surface area contributed by atoms with Crippen molar-refractivity contribution in [3.8, 4) is 0 Å². The smallest absolute Gasteiger partial charge is 0.0702 e. The molecule has 1 aromatic carbocycles. The lowest BCUT2D eigenvalue weighted by atomic mass is 9.94. The van der Waals surface area contributed by atoms with Crippen molar-refractivity contribution in [1.29, 1.82) is 0 Å². The number of hydrogen-bond acceptors (Lipinski definition) is 4. The summed E-state index contributed by atoms with van der Waals surface area (Å²) in [6.07, 6.45) is 1.83. The van der Waals surface area contributed by atoms with Crippen LogP contribution < -0.4 is 5.73 Å². The van der Waals surface area contributed by atoms with E-state index in [1.54, 1.807) is 0 Å². The zero-order valence-electron chi connectivity index (χ0n) is 11.6. The van der Waals surface area contributed by atoms with Gasteiger partial charge in [0.2, 0.25) is 0 Å². The summed E-state index contributed by atoms with van der Waals surface area (Å²) in [6.45, 7) is 5.82. The zero-order chi connectivity index (χ0) is 13.5. The number of piperazine rings is 3. The van der Waals surface area contributed by atoms with E-state index in [0.717, 1.165) is 25.2 Å². The summed E-state index contributed by atoms with van der Waals surface area (Å²) in [5, 5.41) is 1.18. The van der Waals surface area contributed by atoms with Gasteiger partial charge in [0.05, 0.1) is 5.52 Å². The van der Waals surface area contributed by atoms with Crippen molar-refractivity contribution in [2.45, 2.75) is 12.1 Å². The van der Waals surface area contributed by atoms with Gasteiger partial charge < -0.3 is 5.73 Å². The fourth-order valence-corrected chi connectivity index (χ4v) is 3.52. The second-order valence-corrected chi connectivity index (χ2v) is 5.89. The van der Waals surface area contributed by atoms with Crippen LogP contribution in [0.3, 0.4) is 0 Å². The molecule has 1 aromatic heterocycles. The molecule has 0 spiro atoms. The van der Waals surface area contributed by atoms with Crippen molar-refractivity contribution in [3.63, 3.8) is 0 Å². The number of nitrogens with zero attached hydrogens (tertiary/aromatic N) is 3. The van der Waals surface area contributed by atoms with Gasteiger partial charge in [0.1, 0.15) is 0 Å². The summed E-state index contributed by atoms with van der Waals surface area (Å²) in [5.74, 6) is 0. The minimum Gasteiger partial charge on any atom is -0.323 e. The molecule has 2 N–H and O–H groups in total. The van der Waals surface area contributed by atoms with Crippen LogP contribution in [0.25, 0.3) is 10.9 Å². The second kappa shape index (κ2) is 4.81. The molecular weight excluding hydrogens is 248 g/mol. The van der Waals surface area contributed by atoms with E-state index in [2.05, 4.69) is 39.0 Å². The Kier molecular flexibility index (Phi) is 2.95. The van der Waals surface area contributed by atoms with Crippen molar-refractivity contribution >= 4 is 10.9 Å². The van der Waals surface area contributed by atoms with Crippen LogP contribution in [-0.2, 0) is 0 Å². The Morgan fingerprint density at radius 1 is 1.15 bits per heavy atom. The molecule has 0 radical (unpaired) electrons. The molecule has 4 heteroatoms. The second-order valence-electron chi connectivity index (χ2n) is 5.89. The van der Waals surface area contributed by atoms with Gasteiger partial charge in [-0.3, -0.25) is 14.8 Å². The lowest BCUT2D eigenvalue weighted by Crippen LogP contribution is -2.63. The maximum atomic E-state index is 6.56. The van der Waals surface area contributed by atoms with Crippen LogP contribution >= 0.6 is 0 Å². The fraction of sp³-hybridized carbons (Fsp3) is 0.438. The van der Waals surface area contributed by atoms with E-state index in [1.807, 2.05) is 12.3 Å². The van der Waals surface area contributed by atoms with Gasteiger partial charge >= 0.3 is 0 Å². The third-order valence-corrected chi connectivity index (χ3v) is 4.75. The zero-order valence-corrected chi connectivity index (χ0v) is 11.6. The Morgan fingerprint density at radius 2 is 2.00 bits per heavy atom. The number of hydrogen-bond donors (Lipinski definition) is 1. The number of benzene rings is 1. The van der Waals surface area contributed by atoms with Gasteiger partial charge in [-0.1, -0.05) is 12.1 Å². The summed E-state index contributed by atoms with van der Waals surface area (Å²) >= 11 is 0. The Labute approximate surface area is 119 Å². The predicted molar refractivity (Wildman–Crippen MR) is 80.5 cm³/mol. The molecule has 2 unspecified atom stereocenters. The molecule has 2 aromatic rings. The third-order valence-electron chi connectivity index (χ3n) is 4.75. The highest BCUT2D eigenvalue weighted by Crippen LogP contribution is 2.27. The predicted octanol–water partition coefficient (Wildman–Crippen LogP) is 1.23. The quantitative estimate of drug-likeness (QED) is 0.890. The Hall–Kier alpha value is -1.49. The normalized spacial score (nSPS) is 30.6. The first kappa shape index (κ1) is 12.3. The molecular formula is C16H20N4. The number of pyridine rings is 1. The number of fused-ring (bicyclic) bond motifs is 4. The maximum Gasteiger partial charge on any atom is 0.0702 e. The standard InChI is InChI=1S/C16H20N4/c17-16(15-11-19-6-8-20(15)9-7-19)13-3-4-14-12(10-13)2-1-5-18-14/h1-5,10,15-16H,6-9,11,17H2. The number of nitrogens with two attached hydrogens (primary N) is 1. The SMILES string of the molecule is NC(c1ccc2ncccc2c1)C1CN2CCN1CC2. The highest BCUT2D eigenvalue weighted by molar-refractivity contribution is 5.79. The average Bonchev–Trinajstić information content (AvgIpc) is 2.54. The minimum absolute atomic E-state index is 0.0858. The summed E-state index contributed by atoms with van der Waals surface area (Å²) in [6, 6.07) is 11.0. The van der Waals surface area contributed by atoms with E-state index in [0.29, 0.717) is 6.04 Å². The van der Waals surface area contributed by atoms with E-state index in [9.17, 15) is 0 Å². The first-order valence-electron chi connectivity index (χ1n) is 7.38. The van der Waals surface area contributed by atoms with Crippen LogP contribution in [-0.4, -0.2) is 53.5 Å². The Bertz CT molecular complexity index is 619. The third kappa shape index (κ3) is 2.00. The Morgan fingerprint density at radius 3 is 2.75 bits per heavy atom. The summed E-state index contributed by atoms with van der Waals surface area (Å²) < 4.78 is 0. The highest BCUT2D eigenvalue weighted by atomic mass is 15.3. The largest absolute Gasteiger partial charge is 0.323 e. The van der Waals surface area contributed by atoms with Gasteiger partial charge in [0.15, 0.2) is 0 Å². The fourth-order valence-electron chi connectivity index (χ4n) is 3.52. The van der Waals surface area contributed by atoms with Crippen LogP contribution in [0.2, 0.25) is 0 Å². The molecule has 3 aliphatic rings. The van der Waals surface area contributed by atoms with Crippen LogP contribution in [0.15, 0.2) is 36.5 Å². The average molecular weight is 268 g/mol. The van der Waals surface area contributed by atoms with Gasteiger partial charge in [-0.2, -0.15) is 0 Å². The van der Waals surface area contributed by atoms with E-state index in [4.69, 9.17) is 5.73 Å². The molecule has 4 heterocycles. The number of aromatic nitrogens is 1. The van der Waals surface area contributed by atoms with E-state index in [1.165, 1.54) is 24.0 Å². The topological polar surface area (TPSA) is 45.4 Å². The molecule has 2 bridgehead atoms. The van der Waals surface area contributed by atoms with Crippen molar-refractivity contribution < 1.29 is 0 Å². The maximum absolute atomic E-state index is 6.56. The lowest BCUT2D eigenvalue weighted by Gasteiger charge is -2.49. The molecule has 0 amide bonds. The lowest BCUT2D eigenvalue weighted by molar-refractivity contribution is 0.00216. The molecule has 5 rings (SSSR count). The van der Waals surface area contributed by atoms with E-state index >= 15 is 0 Å². The molecule has 0 saturated carbocycles.